The first-order chi connectivity index (χ1) is 12.7. The summed E-state index contributed by atoms with van der Waals surface area (Å²) in [4.78, 5) is 31.3. The molecule has 0 saturated heterocycles. The molecule has 2 aromatic carbocycles. The number of rotatable bonds is 5. The molecule has 0 aliphatic rings. The minimum Gasteiger partial charge on any atom is -0.460 e. The predicted octanol–water partition coefficient (Wildman–Crippen LogP) is 3.99. The smallest absolute Gasteiger partial charge is 0.379 e. The monoisotopic (exact) mass is 346 g/mol. The lowest BCUT2D eigenvalue weighted by Gasteiger charge is -2.04. The summed E-state index contributed by atoms with van der Waals surface area (Å²) < 4.78 is 4.93. The summed E-state index contributed by atoms with van der Waals surface area (Å²) in [5.41, 5.74) is 4.04. The molecule has 0 radical (unpaired) electrons. The molecule has 26 heavy (non-hydrogen) atoms. The van der Waals surface area contributed by atoms with Crippen LogP contribution in [0.1, 0.15) is 28.5 Å². The SMILES string of the molecule is CCOC(=O)C(=O)c1c(Cc2c[nH]c3ccccc23)[nH]c2ccccc12. The van der Waals surface area contributed by atoms with Gasteiger partial charge in [0.25, 0.3) is 5.78 Å². The fourth-order valence-electron chi connectivity index (χ4n) is 3.36. The second-order valence-electron chi connectivity index (χ2n) is 6.11. The van der Waals surface area contributed by atoms with Crippen molar-refractivity contribution in [2.45, 2.75) is 13.3 Å². The van der Waals surface area contributed by atoms with Gasteiger partial charge in [0.1, 0.15) is 0 Å². The van der Waals surface area contributed by atoms with Gasteiger partial charge in [-0.05, 0) is 24.6 Å². The van der Waals surface area contributed by atoms with Crippen molar-refractivity contribution in [2.75, 3.05) is 6.61 Å². The van der Waals surface area contributed by atoms with E-state index in [1.807, 2.05) is 54.7 Å². The van der Waals surface area contributed by atoms with Crippen LogP contribution in [-0.4, -0.2) is 28.3 Å². The minimum atomic E-state index is -0.822. The molecule has 0 spiro atoms. The van der Waals surface area contributed by atoms with Crippen LogP contribution in [0.2, 0.25) is 0 Å². The number of carbonyl (C=O) groups excluding carboxylic acids is 2. The van der Waals surface area contributed by atoms with E-state index >= 15 is 0 Å². The first kappa shape index (κ1) is 16.1. The first-order valence-corrected chi connectivity index (χ1v) is 8.55. The zero-order valence-corrected chi connectivity index (χ0v) is 14.3. The number of carbonyl (C=O) groups is 2. The molecule has 0 aliphatic heterocycles. The molecule has 2 N–H and O–H groups in total. The van der Waals surface area contributed by atoms with Crippen molar-refractivity contribution in [3.05, 3.63) is 71.5 Å². The highest BCUT2D eigenvalue weighted by atomic mass is 16.5. The Morgan fingerprint density at radius 3 is 2.42 bits per heavy atom. The zero-order valence-electron chi connectivity index (χ0n) is 14.3. The van der Waals surface area contributed by atoms with Crippen molar-refractivity contribution >= 4 is 33.6 Å². The van der Waals surface area contributed by atoms with Crippen molar-refractivity contribution in [2.24, 2.45) is 0 Å². The Bertz CT molecular complexity index is 1120. The zero-order chi connectivity index (χ0) is 18.1. The first-order valence-electron chi connectivity index (χ1n) is 8.55. The molecule has 5 nitrogen and oxygen atoms in total. The summed E-state index contributed by atoms with van der Waals surface area (Å²) in [6.07, 6.45) is 2.45. The van der Waals surface area contributed by atoms with Crippen LogP contribution in [0.25, 0.3) is 21.8 Å². The van der Waals surface area contributed by atoms with Crippen LogP contribution in [0.3, 0.4) is 0 Å². The molecule has 5 heteroatoms. The Kier molecular flexibility index (Phi) is 4.05. The second kappa shape index (κ2) is 6.52. The van der Waals surface area contributed by atoms with Crippen LogP contribution in [-0.2, 0) is 16.0 Å². The van der Waals surface area contributed by atoms with E-state index in [0.29, 0.717) is 17.7 Å². The van der Waals surface area contributed by atoms with Crippen LogP contribution < -0.4 is 0 Å². The lowest BCUT2D eigenvalue weighted by Crippen LogP contribution is -2.18. The molecular weight excluding hydrogens is 328 g/mol. The fourth-order valence-corrected chi connectivity index (χ4v) is 3.36. The Hall–Kier alpha value is -3.34. The van der Waals surface area contributed by atoms with E-state index in [1.165, 1.54) is 0 Å². The topological polar surface area (TPSA) is 75.0 Å². The molecule has 130 valence electrons. The number of esters is 1. The Balaban J connectivity index is 1.83. The minimum absolute atomic E-state index is 0.171. The van der Waals surface area contributed by atoms with Gasteiger partial charge in [0.05, 0.1) is 12.2 Å². The molecule has 4 rings (SSSR count). The van der Waals surface area contributed by atoms with Crippen LogP contribution in [0.5, 0.6) is 0 Å². The largest absolute Gasteiger partial charge is 0.460 e. The lowest BCUT2D eigenvalue weighted by atomic mass is 10.0. The molecule has 0 saturated carbocycles. The van der Waals surface area contributed by atoms with Crippen molar-refractivity contribution < 1.29 is 14.3 Å². The van der Waals surface area contributed by atoms with Gasteiger partial charge < -0.3 is 14.7 Å². The number of ketones is 1. The second-order valence-corrected chi connectivity index (χ2v) is 6.11. The van der Waals surface area contributed by atoms with Crippen LogP contribution >= 0.6 is 0 Å². The van der Waals surface area contributed by atoms with Gasteiger partial charge >= 0.3 is 5.97 Å². The standard InChI is InChI=1S/C21H18N2O3/c1-2-26-21(25)20(24)19-15-8-4-6-10-17(15)23-18(19)11-13-12-22-16-9-5-3-7-14(13)16/h3-10,12,22-23H,2,11H2,1H3. The molecule has 2 aromatic heterocycles. The Morgan fingerprint density at radius 1 is 0.962 bits per heavy atom. The summed E-state index contributed by atoms with van der Waals surface area (Å²) >= 11 is 0. The number of aromatic amines is 2. The molecule has 0 atom stereocenters. The van der Waals surface area contributed by atoms with Crippen LogP contribution in [0, 0.1) is 0 Å². The fraction of sp³-hybridized carbons (Fsp3) is 0.143. The highest BCUT2D eigenvalue weighted by Gasteiger charge is 2.25. The maximum absolute atomic E-state index is 12.7. The van der Waals surface area contributed by atoms with Gasteiger partial charge in [-0.25, -0.2) is 4.79 Å². The molecular formula is C21H18N2O3. The van der Waals surface area contributed by atoms with E-state index in [1.54, 1.807) is 6.92 Å². The average molecular weight is 346 g/mol. The van der Waals surface area contributed by atoms with Gasteiger partial charge in [0.2, 0.25) is 0 Å². The summed E-state index contributed by atoms with van der Waals surface area (Å²) in [5, 5.41) is 1.83. The van der Waals surface area contributed by atoms with Crippen molar-refractivity contribution in [3.8, 4) is 0 Å². The van der Waals surface area contributed by atoms with Gasteiger partial charge in [-0.1, -0.05) is 36.4 Å². The van der Waals surface area contributed by atoms with E-state index in [9.17, 15) is 9.59 Å². The van der Waals surface area contributed by atoms with Gasteiger partial charge in [-0.15, -0.1) is 0 Å². The number of H-pyrrole nitrogens is 2. The van der Waals surface area contributed by atoms with Crippen molar-refractivity contribution in [3.63, 3.8) is 0 Å². The Morgan fingerprint density at radius 2 is 1.65 bits per heavy atom. The molecule has 0 bridgehead atoms. The highest BCUT2D eigenvalue weighted by Crippen LogP contribution is 2.27. The van der Waals surface area contributed by atoms with Crippen LogP contribution in [0.15, 0.2) is 54.7 Å². The van der Waals surface area contributed by atoms with E-state index in [2.05, 4.69) is 9.97 Å². The van der Waals surface area contributed by atoms with E-state index in [0.717, 1.165) is 27.4 Å². The van der Waals surface area contributed by atoms with Crippen molar-refractivity contribution in [1.82, 2.24) is 9.97 Å². The summed E-state index contributed by atoms with van der Waals surface area (Å²) in [6.45, 7) is 1.86. The number of hydrogen-bond acceptors (Lipinski definition) is 3. The average Bonchev–Trinajstić information content (AvgIpc) is 3.23. The molecule has 4 aromatic rings. The maximum atomic E-state index is 12.7. The van der Waals surface area contributed by atoms with Crippen LogP contribution in [0.4, 0.5) is 0 Å². The Labute approximate surface area is 150 Å². The molecule has 2 heterocycles. The maximum Gasteiger partial charge on any atom is 0.379 e. The third-order valence-electron chi connectivity index (χ3n) is 4.51. The third-order valence-corrected chi connectivity index (χ3v) is 4.51. The summed E-state index contributed by atoms with van der Waals surface area (Å²) in [7, 11) is 0. The van der Waals surface area contributed by atoms with Gasteiger partial charge in [-0.3, -0.25) is 4.79 Å². The summed E-state index contributed by atoms with van der Waals surface area (Å²) in [6, 6.07) is 15.5. The van der Waals surface area contributed by atoms with E-state index in [-0.39, 0.29) is 6.61 Å². The quantitative estimate of drug-likeness (QED) is 0.326. The normalized spacial score (nSPS) is 11.1. The molecule has 0 unspecified atom stereocenters. The number of benzene rings is 2. The van der Waals surface area contributed by atoms with Gasteiger partial charge in [-0.2, -0.15) is 0 Å². The lowest BCUT2D eigenvalue weighted by molar-refractivity contribution is -0.137. The number of ether oxygens (including phenoxy) is 1. The molecule has 0 amide bonds. The number of fused-ring (bicyclic) bond motifs is 2. The number of para-hydroxylation sites is 2. The number of Topliss-reactive ketones (excluding diaryl/α,β-unsaturated/α-hetero) is 1. The molecule has 0 aliphatic carbocycles. The van der Waals surface area contributed by atoms with Gasteiger partial charge in [0, 0.05) is 40.1 Å². The number of nitrogens with one attached hydrogen (secondary N) is 2. The van der Waals surface area contributed by atoms with Gasteiger partial charge in [0.15, 0.2) is 0 Å². The van der Waals surface area contributed by atoms with E-state index < -0.39 is 11.8 Å². The van der Waals surface area contributed by atoms with E-state index in [4.69, 9.17) is 4.74 Å². The predicted molar refractivity (Wildman–Crippen MR) is 100 cm³/mol. The number of aromatic nitrogens is 2. The third kappa shape index (κ3) is 2.67. The summed E-state index contributed by atoms with van der Waals surface area (Å²) in [5.74, 6) is -1.43. The van der Waals surface area contributed by atoms with Crippen molar-refractivity contribution in [1.29, 1.82) is 0 Å². The highest BCUT2D eigenvalue weighted by molar-refractivity contribution is 6.43. The molecule has 0 fully saturated rings. The number of hydrogen-bond donors (Lipinski definition) is 2.